The van der Waals surface area contributed by atoms with Crippen molar-refractivity contribution in [2.45, 2.75) is 46.5 Å². The molecule has 0 aliphatic carbocycles. The third-order valence-corrected chi connectivity index (χ3v) is 5.14. The van der Waals surface area contributed by atoms with E-state index in [9.17, 15) is 0 Å². The van der Waals surface area contributed by atoms with Crippen molar-refractivity contribution in [3.63, 3.8) is 0 Å². The van der Waals surface area contributed by atoms with Crippen LogP contribution in [0.15, 0.2) is 66.7 Å². The van der Waals surface area contributed by atoms with Gasteiger partial charge in [0.2, 0.25) is 0 Å². The van der Waals surface area contributed by atoms with Crippen LogP contribution in [0.3, 0.4) is 0 Å². The zero-order valence-corrected chi connectivity index (χ0v) is 15.7. The van der Waals surface area contributed by atoms with Gasteiger partial charge in [0.15, 0.2) is 0 Å². The van der Waals surface area contributed by atoms with Crippen LogP contribution in [0.2, 0.25) is 0 Å². The summed E-state index contributed by atoms with van der Waals surface area (Å²) in [6, 6.07) is 24.2. The van der Waals surface area contributed by atoms with E-state index < -0.39 is 0 Å². The second-order valence-corrected chi connectivity index (χ2v) is 6.61. The molecule has 0 unspecified atom stereocenters. The maximum absolute atomic E-state index is 2.46. The molecule has 0 atom stereocenters. The summed E-state index contributed by atoms with van der Waals surface area (Å²) >= 11 is 0. The molecular weight excluding hydrogens is 300 g/mol. The van der Waals surface area contributed by atoms with Gasteiger partial charge in [-0.15, -0.1) is 0 Å². The van der Waals surface area contributed by atoms with Crippen molar-refractivity contribution in [1.29, 1.82) is 0 Å². The van der Waals surface area contributed by atoms with E-state index in [2.05, 4.69) is 87.5 Å². The summed E-state index contributed by atoms with van der Waals surface area (Å²) in [4.78, 5) is 0. The molecule has 128 valence electrons. The van der Waals surface area contributed by atoms with Crippen molar-refractivity contribution in [2.75, 3.05) is 0 Å². The van der Waals surface area contributed by atoms with Crippen LogP contribution in [0.4, 0.5) is 0 Å². The fourth-order valence-corrected chi connectivity index (χ4v) is 4.01. The van der Waals surface area contributed by atoms with Crippen LogP contribution in [-0.2, 0) is 25.7 Å². The van der Waals surface area contributed by atoms with E-state index in [0.717, 1.165) is 25.7 Å². The van der Waals surface area contributed by atoms with Crippen molar-refractivity contribution < 1.29 is 0 Å². The average molecular weight is 328 g/mol. The third-order valence-electron chi connectivity index (χ3n) is 5.14. The zero-order chi connectivity index (χ0) is 17.6. The molecule has 3 aromatic rings. The SMILES string of the molecule is CCc1c(Cc2ccccc2)cc(-c2ccccc2)c(CC)c1CC. The molecule has 0 spiro atoms. The Morgan fingerprint density at radius 1 is 0.600 bits per heavy atom. The maximum atomic E-state index is 2.46. The minimum Gasteiger partial charge on any atom is -0.0622 e. The van der Waals surface area contributed by atoms with Gasteiger partial charge in [0, 0.05) is 0 Å². The first-order valence-corrected chi connectivity index (χ1v) is 9.54. The van der Waals surface area contributed by atoms with Crippen LogP contribution in [0.5, 0.6) is 0 Å². The molecule has 3 rings (SSSR count). The molecule has 0 saturated carbocycles. The quantitative estimate of drug-likeness (QED) is 0.476. The Balaban J connectivity index is 2.20. The van der Waals surface area contributed by atoms with E-state index >= 15 is 0 Å². The van der Waals surface area contributed by atoms with Crippen LogP contribution in [0, 0.1) is 0 Å². The Hall–Kier alpha value is -2.34. The second kappa shape index (κ2) is 8.16. The van der Waals surface area contributed by atoms with E-state index in [0.29, 0.717) is 0 Å². The topological polar surface area (TPSA) is 0 Å². The van der Waals surface area contributed by atoms with E-state index in [1.165, 1.54) is 27.8 Å². The first-order chi connectivity index (χ1) is 12.3. The van der Waals surface area contributed by atoms with Crippen LogP contribution >= 0.6 is 0 Å². The molecule has 0 heteroatoms. The molecule has 0 heterocycles. The van der Waals surface area contributed by atoms with Crippen molar-refractivity contribution in [2.24, 2.45) is 0 Å². The van der Waals surface area contributed by atoms with Gasteiger partial charge in [0.1, 0.15) is 0 Å². The monoisotopic (exact) mass is 328 g/mol. The molecule has 0 saturated heterocycles. The lowest BCUT2D eigenvalue weighted by Gasteiger charge is -2.21. The maximum Gasteiger partial charge on any atom is -0.00227 e. The number of benzene rings is 3. The van der Waals surface area contributed by atoms with Gasteiger partial charge < -0.3 is 0 Å². The number of hydrogen-bond donors (Lipinski definition) is 0. The average Bonchev–Trinajstić information content (AvgIpc) is 2.68. The largest absolute Gasteiger partial charge is 0.0622 e. The van der Waals surface area contributed by atoms with E-state index in [4.69, 9.17) is 0 Å². The minimum absolute atomic E-state index is 1.01. The van der Waals surface area contributed by atoms with Crippen molar-refractivity contribution in [3.8, 4) is 11.1 Å². The Kier molecular flexibility index (Phi) is 5.71. The molecule has 3 aromatic carbocycles. The first-order valence-electron chi connectivity index (χ1n) is 9.54. The first kappa shape index (κ1) is 17.5. The predicted octanol–water partition coefficient (Wildman–Crippen LogP) is 6.63. The Bertz CT molecular complexity index is 814. The molecule has 0 aromatic heterocycles. The summed E-state index contributed by atoms with van der Waals surface area (Å²) in [6.07, 6.45) is 4.31. The number of hydrogen-bond acceptors (Lipinski definition) is 0. The zero-order valence-electron chi connectivity index (χ0n) is 15.7. The lowest BCUT2D eigenvalue weighted by molar-refractivity contribution is 0.955. The van der Waals surface area contributed by atoms with Crippen molar-refractivity contribution >= 4 is 0 Å². The lowest BCUT2D eigenvalue weighted by atomic mass is 9.83. The smallest absolute Gasteiger partial charge is 0.00227 e. The summed E-state index contributed by atoms with van der Waals surface area (Å²) in [5.41, 5.74) is 10.3. The van der Waals surface area contributed by atoms with Crippen LogP contribution < -0.4 is 0 Å². The van der Waals surface area contributed by atoms with Gasteiger partial charge in [-0.05, 0) is 64.6 Å². The molecule has 0 bridgehead atoms. The van der Waals surface area contributed by atoms with Gasteiger partial charge >= 0.3 is 0 Å². The van der Waals surface area contributed by atoms with Gasteiger partial charge in [-0.25, -0.2) is 0 Å². The van der Waals surface area contributed by atoms with Crippen LogP contribution in [-0.4, -0.2) is 0 Å². The number of rotatable bonds is 6. The van der Waals surface area contributed by atoms with Crippen LogP contribution in [0.1, 0.15) is 48.6 Å². The van der Waals surface area contributed by atoms with Gasteiger partial charge in [0.25, 0.3) is 0 Å². The van der Waals surface area contributed by atoms with Gasteiger partial charge in [0.05, 0.1) is 0 Å². The molecule has 0 nitrogen and oxygen atoms in total. The van der Waals surface area contributed by atoms with E-state index in [-0.39, 0.29) is 0 Å². The van der Waals surface area contributed by atoms with Gasteiger partial charge in [-0.2, -0.15) is 0 Å². The Labute approximate surface area is 152 Å². The summed E-state index contributed by atoms with van der Waals surface area (Å²) in [5, 5.41) is 0. The van der Waals surface area contributed by atoms with E-state index in [1.54, 1.807) is 11.1 Å². The molecule has 0 amide bonds. The second-order valence-electron chi connectivity index (χ2n) is 6.61. The van der Waals surface area contributed by atoms with Crippen molar-refractivity contribution in [1.82, 2.24) is 0 Å². The molecule has 0 N–H and O–H groups in total. The fraction of sp³-hybridized carbons (Fsp3) is 0.280. The summed E-state index contributed by atoms with van der Waals surface area (Å²) in [6.45, 7) is 6.89. The highest BCUT2D eigenvalue weighted by molar-refractivity contribution is 5.71. The summed E-state index contributed by atoms with van der Waals surface area (Å²) < 4.78 is 0. The molecule has 0 fully saturated rings. The standard InChI is InChI=1S/C25H28/c1-4-22-21(17-19-13-9-7-10-14-19)18-25(20-15-11-8-12-16-20)24(6-3)23(22)5-2/h7-16,18H,4-6,17H2,1-3H3. The fourth-order valence-electron chi connectivity index (χ4n) is 4.01. The molecule has 0 radical (unpaired) electrons. The van der Waals surface area contributed by atoms with Crippen LogP contribution in [0.25, 0.3) is 11.1 Å². The third kappa shape index (κ3) is 3.69. The highest BCUT2D eigenvalue weighted by Crippen LogP contribution is 2.33. The molecule has 25 heavy (non-hydrogen) atoms. The summed E-state index contributed by atoms with van der Waals surface area (Å²) in [7, 11) is 0. The highest BCUT2D eigenvalue weighted by Gasteiger charge is 2.16. The Morgan fingerprint density at radius 3 is 1.72 bits per heavy atom. The lowest BCUT2D eigenvalue weighted by Crippen LogP contribution is -2.06. The van der Waals surface area contributed by atoms with Gasteiger partial charge in [-0.1, -0.05) is 87.5 Å². The van der Waals surface area contributed by atoms with E-state index in [1.807, 2.05) is 0 Å². The molecule has 0 aliphatic heterocycles. The Morgan fingerprint density at radius 2 is 1.16 bits per heavy atom. The normalized spacial score (nSPS) is 10.8. The minimum atomic E-state index is 1.01. The summed E-state index contributed by atoms with van der Waals surface area (Å²) in [5.74, 6) is 0. The van der Waals surface area contributed by atoms with Crippen molar-refractivity contribution in [3.05, 3.63) is 94.5 Å². The predicted molar refractivity (Wildman–Crippen MR) is 109 cm³/mol. The molecule has 0 aliphatic rings. The van der Waals surface area contributed by atoms with Gasteiger partial charge in [-0.3, -0.25) is 0 Å². The molecular formula is C25H28. The highest BCUT2D eigenvalue weighted by atomic mass is 14.2.